The van der Waals surface area contributed by atoms with Crippen LogP contribution in [-0.2, 0) is 11.2 Å². The molecule has 0 aliphatic carbocycles. The van der Waals surface area contributed by atoms with Gasteiger partial charge in [0.2, 0.25) is 5.91 Å². The minimum Gasteiger partial charge on any atom is -0.497 e. The van der Waals surface area contributed by atoms with E-state index < -0.39 is 0 Å². The van der Waals surface area contributed by atoms with E-state index in [1.807, 2.05) is 48.5 Å². The van der Waals surface area contributed by atoms with Crippen molar-refractivity contribution in [3.63, 3.8) is 0 Å². The molecule has 6 heteroatoms. The highest BCUT2D eigenvalue weighted by atomic mass is 16.5. The fourth-order valence-electron chi connectivity index (χ4n) is 4.25. The number of carbonyl (C=O) groups excluding carboxylic acids is 1. The molecule has 0 radical (unpaired) electrons. The highest BCUT2D eigenvalue weighted by Crippen LogP contribution is 2.40. The maximum Gasteiger partial charge on any atom is 0.238 e. The Balaban J connectivity index is 1.62. The topological polar surface area (TPSA) is 60.0 Å². The van der Waals surface area contributed by atoms with Crippen LogP contribution in [0.4, 0.5) is 5.69 Å². The van der Waals surface area contributed by atoms with Gasteiger partial charge in [0.15, 0.2) is 11.5 Å². The summed E-state index contributed by atoms with van der Waals surface area (Å²) in [7, 11) is 4.91. The molecule has 1 heterocycles. The van der Waals surface area contributed by atoms with Gasteiger partial charge in [0.1, 0.15) is 5.75 Å². The predicted octanol–water partition coefficient (Wildman–Crippen LogP) is 4.30. The Kier molecular flexibility index (Phi) is 6.61. The number of nitrogens with one attached hydrogen (secondary N) is 1. The molecule has 0 fully saturated rings. The molecule has 32 heavy (non-hydrogen) atoms. The fourth-order valence-corrected chi connectivity index (χ4v) is 4.25. The number of hydrogen-bond acceptors (Lipinski definition) is 5. The minimum atomic E-state index is -0.0555. The van der Waals surface area contributed by atoms with E-state index in [9.17, 15) is 4.79 Å². The van der Waals surface area contributed by atoms with Crippen molar-refractivity contribution in [2.24, 2.45) is 0 Å². The summed E-state index contributed by atoms with van der Waals surface area (Å²) in [4.78, 5) is 15.1. The summed E-state index contributed by atoms with van der Waals surface area (Å²) in [5.74, 6) is 2.12. The molecule has 3 aromatic rings. The molecular weight excluding hydrogens is 404 g/mol. The molecule has 1 atom stereocenters. The first-order chi connectivity index (χ1) is 15.6. The van der Waals surface area contributed by atoms with E-state index in [1.54, 1.807) is 21.3 Å². The van der Waals surface area contributed by atoms with Crippen LogP contribution in [0.1, 0.15) is 22.7 Å². The number of fused-ring (bicyclic) bond motifs is 1. The smallest absolute Gasteiger partial charge is 0.238 e. The second-order valence-electron chi connectivity index (χ2n) is 7.72. The first-order valence-electron chi connectivity index (χ1n) is 10.6. The number of benzene rings is 3. The van der Waals surface area contributed by atoms with Crippen LogP contribution in [0.3, 0.4) is 0 Å². The van der Waals surface area contributed by atoms with Crippen molar-refractivity contribution in [1.29, 1.82) is 0 Å². The number of carbonyl (C=O) groups is 1. The van der Waals surface area contributed by atoms with Crippen molar-refractivity contribution in [3.05, 3.63) is 83.4 Å². The van der Waals surface area contributed by atoms with Crippen LogP contribution in [0.25, 0.3) is 0 Å². The van der Waals surface area contributed by atoms with Crippen LogP contribution in [0.5, 0.6) is 17.2 Å². The monoisotopic (exact) mass is 432 g/mol. The van der Waals surface area contributed by atoms with Gasteiger partial charge >= 0.3 is 0 Å². The van der Waals surface area contributed by atoms with E-state index in [2.05, 4.69) is 28.4 Å². The third-order valence-electron chi connectivity index (χ3n) is 5.81. The molecule has 0 spiro atoms. The van der Waals surface area contributed by atoms with E-state index in [1.165, 1.54) is 5.56 Å². The van der Waals surface area contributed by atoms with E-state index in [0.717, 1.165) is 41.3 Å². The molecule has 1 aliphatic heterocycles. The van der Waals surface area contributed by atoms with Crippen molar-refractivity contribution in [3.8, 4) is 17.2 Å². The van der Waals surface area contributed by atoms with Crippen LogP contribution in [0.2, 0.25) is 0 Å². The minimum absolute atomic E-state index is 0.0543. The number of amides is 1. The first kappa shape index (κ1) is 21.7. The Bertz CT molecular complexity index is 1070. The lowest BCUT2D eigenvalue weighted by Gasteiger charge is -2.37. The van der Waals surface area contributed by atoms with Crippen LogP contribution in [-0.4, -0.2) is 45.2 Å². The summed E-state index contributed by atoms with van der Waals surface area (Å²) in [6, 6.07) is 21.7. The number of rotatable bonds is 7. The molecule has 0 bridgehead atoms. The quantitative estimate of drug-likeness (QED) is 0.603. The van der Waals surface area contributed by atoms with Crippen molar-refractivity contribution < 1.29 is 19.0 Å². The molecular formula is C26H28N2O4. The van der Waals surface area contributed by atoms with Gasteiger partial charge in [-0.05, 0) is 59.5 Å². The number of anilines is 1. The van der Waals surface area contributed by atoms with E-state index in [-0.39, 0.29) is 18.5 Å². The molecule has 166 valence electrons. The highest BCUT2D eigenvalue weighted by Gasteiger charge is 2.31. The number of nitrogens with zero attached hydrogens (tertiary/aromatic N) is 1. The van der Waals surface area contributed by atoms with Gasteiger partial charge in [0.25, 0.3) is 0 Å². The van der Waals surface area contributed by atoms with Gasteiger partial charge in [-0.15, -0.1) is 0 Å². The predicted molar refractivity (Wildman–Crippen MR) is 125 cm³/mol. The fraction of sp³-hybridized carbons (Fsp3) is 0.269. The summed E-state index contributed by atoms with van der Waals surface area (Å²) in [6.07, 6.45) is 0.828. The Morgan fingerprint density at radius 2 is 1.62 bits per heavy atom. The van der Waals surface area contributed by atoms with Crippen LogP contribution in [0.15, 0.2) is 66.7 Å². The second-order valence-corrected chi connectivity index (χ2v) is 7.72. The average molecular weight is 433 g/mol. The molecule has 1 N–H and O–H groups in total. The molecule has 6 nitrogen and oxygen atoms in total. The Morgan fingerprint density at radius 3 is 2.28 bits per heavy atom. The van der Waals surface area contributed by atoms with Gasteiger partial charge in [-0.3, -0.25) is 9.69 Å². The van der Waals surface area contributed by atoms with Gasteiger partial charge in [-0.2, -0.15) is 0 Å². The first-order valence-corrected chi connectivity index (χ1v) is 10.6. The third-order valence-corrected chi connectivity index (χ3v) is 5.81. The van der Waals surface area contributed by atoms with E-state index in [4.69, 9.17) is 14.2 Å². The van der Waals surface area contributed by atoms with Gasteiger partial charge < -0.3 is 19.5 Å². The van der Waals surface area contributed by atoms with Gasteiger partial charge in [-0.1, -0.05) is 30.3 Å². The summed E-state index contributed by atoms with van der Waals surface area (Å²) in [6.45, 7) is 1.04. The molecule has 0 saturated carbocycles. The highest BCUT2D eigenvalue weighted by molar-refractivity contribution is 5.92. The zero-order chi connectivity index (χ0) is 22.5. The molecule has 0 aromatic heterocycles. The maximum absolute atomic E-state index is 12.9. The Labute approximate surface area is 188 Å². The summed E-state index contributed by atoms with van der Waals surface area (Å²) < 4.78 is 16.3. The molecule has 3 aromatic carbocycles. The molecule has 1 amide bonds. The zero-order valence-corrected chi connectivity index (χ0v) is 18.6. The van der Waals surface area contributed by atoms with Gasteiger partial charge in [-0.25, -0.2) is 0 Å². The van der Waals surface area contributed by atoms with Crippen molar-refractivity contribution in [2.45, 2.75) is 12.5 Å². The van der Waals surface area contributed by atoms with E-state index in [0.29, 0.717) is 5.75 Å². The SMILES string of the molecule is COc1ccc(NC(=O)CN2CCc3cc(OC)c(OC)cc3[C@H]2c2ccccc2)cc1. The average Bonchev–Trinajstić information content (AvgIpc) is 2.84. The Hall–Kier alpha value is -3.51. The zero-order valence-electron chi connectivity index (χ0n) is 18.6. The normalized spacial score (nSPS) is 15.5. The maximum atomic E-state index is 12.9. The number of ether oxygens (including phenoxy) is 3. The lowest BCUT2D eigenvalue weighted by Crippen LogP contribution is -2.41. The summed E-state index contributed by atoms with van der Waals surface area (Å²) in [5, 5.41) is 3.00. The standard InChI is InChI=1S/C26H28N2O4/c1-30-21-11-9-20(10-12-21)27-25(29)17-28-14-13-19-15-23(31-2)24(32-3)16-22(19)26(28)18-7-5-4-6-8-18/h4-12,15-16,26H,13-14,17H2,1-3H3,(H,27,29)/t26-/m1/s1. The summed E-state index contributed by atoms with van der Waals surface area (Å²) in [5.41, 5.74) is 4.23. The van der Waals surface area contributed by atoms with Crippen molar-refractivity contribution in [2.75, 3.05) is 39.7 Å². The molecule has 0 saturated heterocycles. The Morgan fingerprint density at radius 1 is 0.938 bits per heavy atom. The molecule has 0 unspecified atom stereocenters. The molecule has 4 rings (SSSR count). The van der Waals surface area contributed by atoms with Crippen LogP contribution < -0.4 is 19.5 Å². The third kappa shape index (κ3) is 4.55. The van der Waals surface area contributed by atoms with Crippen LogP contribution in [0, 0.1) is 0 Å². The van der Waals surface area contributed by atoms with Gasteiger partial charge in [0, 0.05) is 12.2 Å². The largest absolute Gasteiger partial charge is 0.497 e. The summed E-state index contributed by atoms with van der Waals surface area (Å²) >= 11 is 0. The van der Waals surface area contributed by atoms with Crippen molar-refractivity contribution >= 4 is 11.6 Å². The number of hydrogen-bond donors (Lipinski definition) is 1. The lowest BCUT2D eigenvalue weighted by atomic mass is 9.87. The lowest BCUT2D eigenvalue weighted by molar-refractivity contribution is -0.117. The van der Waals surface area contributed by atoms with E-state index >= 15 is 0 Å². The number of methoxy groups -OCH3 is 3. The van der Waals surface area contributed by atoms with Crippen LogP contribution >= 0.6 is 0 Å². The van der Waals surface area contributed by atoms with Crippen molar-refractivity contribution in [1.82, 2.24) is 4.90 Å². The molecule has 1 aliphatic rings. The second kappa shape index (κ2) is 9.75. The van der Waals surface area contributed by atoms with Gasteiger partial charge in [0.05, 0.1) is 33.9 Å².